The van der Waals surface area contributed by atoms with Crippen molar-refractivity contribution in [3.8, 4) is 22.3 Å². The number of nitriles is 1. The third-order valence-corrected chi connectivity index (χ3v) is 15.9. The van der Waals surface area contributed by atoms with Crippen molar-refractivity contribution >= 4 is 46.5 Å². The Hall–Kier alpha value is -5.75. The fourth-order valence-corrected chi connectivity index (χ4v) is 12.1. The number of nitrogens with zero attached hydrogens (tertiary/aromatic N) is 6. The van der Waals surface area contributed by atoms with Crippen LogP contribution in [0.1, 0.15) is 118 Å². The molecule has 2 N–H and O–H groups in total. The van der Waals surface area contributed by atoms with Crippen molar-refractivity contribution in [2.75, 3.05) is 44.2 Å². The molecule has 3 aromatic carbocycles. The number of ether oxygens (including phenoxy) is 1. The molecule has 1 aliphatic carbocycles. The number of carbonyl (C=O) groups excluding carboxylic acids is 3. The van der Waals surface area contributed by atoms with Crippen LogP contribution in [0.2, 0.25) is 5.02 Å². The molecule has 5 aromatic rings. The predicted molar refractivity (Wildman–Crippen MR) is 270 cm³/mol. The number of hydrogen-bond donors (Lipinski definition) is 2. The van der Waals surface area contributed by atoms with Gasteiger partial charge in [0.2, 0.25) is 11.8 Å². The van der Waals surface area contributed by atoms with Gasteiger partial charge < -0.3 is 29.7 Å². The van der Waals surface area contributed by atoms with Gasteiger partial charge >= 0.3 is 0 Å². The van der Waals surface area contributed by atoms with Crippen LogP contribution in [-0.2, 0) is 16.0 Å². The number of amides is 3. The molecule has 3 amide bonds. The van der Waals surface area contributed by atoms with Crippen molar-refractivity contribution < 1.29 is 23.6 Å². The molecule has 3 fully saturated rings. The second-order valence-electron chi connectivity index (χ2n) is 20.5. The van der Waals surface area contributed by atoms with Crippen LogP contribution in [0, 0.1) is 35.0 Å². The van der Waals surface area contributed by atoms with Gasteiger partial charge in [-0.2, -0.15) is 5.26 Å². The Morgan fingerprint density at radius 2 is 1.67 bits per heavy atom. The number of aryl methyl sites for hydroxylation is 2. The Balaban J connectivity index is 0.779. The predicted octanol–water partition coefficient (Wildman–Crippen LogP) is 9.61. The summed E-state index contributed by atoms with van der Waals surface area (Å²) in [5.74, 6) is 0.916. The second kappa shape index (κ2) is 20.7. The van der Waals surface area contributed by atoms with Gasteiger partial charge in [0.15, 0.2) is 11.6 Å². The summed E-state index contributed by atoms with van der Waals surface area (Å²) in [5.41, 5.74) is 6.48. The highest BCUT2D eigenvalue weighted by Gasteiger charge is 2.64. The summed E-state index contributed by atoms with van der Waals surface area (Å²) in [7, 11) is 0. The smallest absolute Gasteiger partial charge is 0.251 e. The van der Waals surface area contributed by atoms with E-state index in [1.165, 1.54) is 5.56 Å². The van der Waals surface area contributed by atoms with E-state index >= 15 is 0 Å². The minimum Gasteiger partial charge on any atom is -0.489 e. The van der Waals surface area contributed by atoms with Crippen LogP contribution in [0.25, 0.3) is 10.4 Å². The topological polar surface area (TPSA) is 157 Å². The van der Waals surface area contributed by atoms with Gasteiger partial charge in [0.05, 0.1) is 32.7 Å². The maximum Gasteiger partial charge on any atom is 0.251 e. The summed E-state index contributed by atoms with van der Waals surface area (Å²) in [5, 5.41) is 20.5. The lowest BCUT2D eigenvalue weighted by molar-refractivity contribution is -0.164. The Bertz CT molecular complexity index is 2650. The highest BCUT2D eigenvalue weighted by molar-refractivity contribution is 7.13. The van der Waals surface area contributed by atoms with E-state index in [1.807, 2.05) is 75.7 Å². The van der Waals surface area contributed by atoms with E-state index in [1.54, 1.807) is 34.4 Å². The number of halogens is 1. The van der Waals surface area contributed by atoms with Crippen LogP contribution in [-0.4, -0.2) is 95.1 Å². The Labute approximate surface area is 415 Å². The first kappa shape index (κ1) is 49.7. The molecule has 2 saturated heterocycles. The number of likely N-dealkylation sites (tertiary alicyclic amines) is 1. The molecule has 0 bridgehead atoms. The lowest BCUT2D eigenvalue weighted by Gasteiger charge is -2.63. The molecule has 3 atom stereocenters. The summed E-state index contributed by atoms with van der Waals surface area (Å²) in [6.07, 6.45) is 3.10. The number of nitrogens with one attached hydrogen (secondary N) is 2. The molecule has 0 spiro atoms. The van der Waals surface area contributed by atoms with E-state index in [0.717, 1.165) is 79.5 Å². The first-order valence-electron chi connectivity index (χ1n) is 24.3. The van der Waals surface area contributed by atoms with Crippen LogP contribution in [0.15, 0.2) is 82.8 Å². The zero-order valence-corrected chi connectivity index (χ0v) is 42.6. The number of aromatic nitrogens is 2. The molecule has 69 heavy (non-hydrogen) atoms. The molecule has 8 rings (SSSR count). The molecule has 0 unspecified atom stereocenters. The van der Waals surface area contributed by atoms with Gasteiger partial charge in [-0.3, -0.25) is 19.3 Å². The molecule has 2 aromatic heterocycles. The zero-order chi connectivity index (χ0) is 49.2. The molecule has 3 aliphatic rings. The fourth-order valence-electron chi connectivity index (χ4n) is 11.0. The Morgan fingerprint density at radius 1 is 0.957 bits per heavy atom. The number of hydrogen-bond acceptors (Lipinski definition) is 11. The van der Waals surface area contributed by atoms with E-state index in [0.29, 0.717) is 40.6 Å². The average Bonchev–Trinajstić information content (AvgIpc) is 4.13. The molecule has 1 saturated carbocycles. The van der Waals surface area contributed by atoms with E-state index in [2.05, 4.69) is 76.5 Å². The van der Waals surface area contributed by atoms with E-state index < -0.39 is 12.0 Å². The molecular weight excluding hydrogens is 908 g/mol. The average molecular weight is 974 g/mol. The molecule has 15 heteroatoms. The SMILES string of the molecule is Cc1ncsc1-c1ccc([C@H](C)NC(=O)[C@@H]2CCCN2C(=O)[C@H](c2cc(N3CCN(CCCc4ccc(C(=O)N[C@H]5C(C)(C)[C@H](Oc6ccc(C#N)c(Cl)c6)C5(C)C)cc4)CC3)no2)C(C)C)cc1. The molecule has 13 nitrogen and oxygen atoms in total. The largest absolute Gasteiger partial charge is 0.489 e. The van der Waals surface area contributed by atoms with Crippen molar-refractivity contribution in [2.45, 2.75) is 111 Å². The lowest BCUT2D eigenvalue weighted by Crippen LogP contribution is -2.74. The molecule has 364 valence electrons. The van der Waals surface area contributed by atoms with Crippen molar-refractivity contribution in [1.82, 2.24) is 30.6 Å². The third-order valence-electron chi connectivity index (χ3n) is 14.7. The van der Waals surface area contributed by atoms with Gasteiger partial charge in [-0.05, 0) is 92.9 Å². The molecule has 0 radical (unpaired) electrons. The lowest BCUT2D eigenvalue weighted by atomic mass is 9.49. The number of carbonyl (C=O) groups is 3. The number of piperazine rings is 1. The summed E-state index contributed by atoms with van der Waals surface area (Å²) >= 11 is 7.88. The zero-order valence-electron chi connectivity index (χ0n) is 41.1. The monoisotopic (exact) mass is 972 g/mol. The first-order chi connectivity index (χ1) is 33.0. The summed E-state index contributed by atoms with van der Waals surface area (Å²) in [6.45, 7) is 21.2. The van der Waals surface area contributed by atoms with Crippen molar-refractivity contribution in [2.24, 2.45) is 16.7 Å². The fraction of sp³-hybridized carbons (Fsp3) is 0.481. The first-order valence-corrected chi connectivity index (χ1v) is 25.5. The standard InChI is InChI=1S/C54H65ClN8O5S/c1-33(2)46(50(66)63-24-10-12-43(63)49(65)58-34(3)37-17-19-38(20-18-37)47-35(4)57-32-69-47)44-30-45(60-68-44)62-27-25-61(26-28-62)23-9-11-36-13-15-39(16-14-36)48(64)59-51-53(5,6)52(54(51,7)8)67-41-22-21-40(31-56)42(55)29-41/h13-22,29-30,32-34,43,46,51-52H,9-12,23-28H2,1-8H3,(H,58,65)(H,59,64)/t34-,43-,46-,51-,52-/m0/s1. The van der Waals surface area contributed by atoms with Crippen molar-refractivity contribution in [3.63, 3.8) is 0 Å². The molecule has 2 aliphatic heterocycles. The summed E-state index contributed by atoms with van der Waals surface area (Å²) in [4.78, 5) is 53.5. The van der Waals surface area contributed by atoms with Crippen LogP contribution < -0.4 is 20.3 Å². The van der Waals surface area contributed by atoms with Crippen molar-refractivity contribution in [1.29, 1.82) is 5.26 Å². The van der Waals surface area contributed by atoms with Crippen LogP contribution in [0.3, 0.4) is 0 Å². The van der Waals surface area contributed by atoms with Gasteiger partial charge in [-0.25, -0.2) is 4.98 Å². The minimum absolute atomic E-state index is 0.0582. The van der Waals surface area contributed by atoms with Gasteiger partial charge in [-0.1, -0.05) is 94.7 Å². The third kappa shape index (κ3) is 10.6. The Morgan fingerprint density at radius 3 is 2.30 bits per heavy atom. The van der Waals surface area contributed by atoms with Crippen LogP contribution in [0.5, 0.6) is 5.75 Å². The summed E-state index contributed by atoms with van der Waals surface area (Å²) < 4.78 is 12.3. The molecule has 4 heterocycles. The number of benzene rings is 3. The highest BCUT2D eigenvalue weighted by atomic mass is 35.5. The Kier molecular flexibility index (Phi) is 14.9. The molecular formula is C54H65ClN8O5S. The second-order valence-corrected chi connectivity index (χ2v) is 21.8. The number of thiazole rings is 1. The summed E-state index contributed by atoms with van der Waals surface area (Å²) in [6, 6.07) is 24.4. The maximum absolute atomic E-state index is 14.3. The highest BCUT2D eigenvalue weighted by Crippen LogP contribution is 2.55. The quantitative estimate of drug-likeness (QED) is 0.0976. The van der Waals surface area contributed by atoms with Crippen LogP contribution in [0.4, 0.5) is 5.82 Å². The van der Waals surface area contributed by atoms with Gasteiger partial charge in [0.1, 0.15) is 29.9 Å². The van der Waals surface area contributed by atoms with E-state index in [-0.39, 0.29) is 52.7 Å². The van der Waals surface area contributed by atoms with Gasteiger partial charge in [0.25, 0.3) is 5.91 Å². The van der Waals surface area contributed by atoms with Gasteiger partial charge in [-0.15, -0.1) is 11.3 Å². The van der Waals surface area contributed by atoms with E-state index in [9.17, 15) is 19.6 Å². The maximum atomic E-state index is 14.3. The minimum atomic E-state index is -0.553. The van der Waals surface area contributed by atoms with Gasteiger partial charge in [0, 0.05) is 67.3 Å². The van der Waals surface area contributed by atoms with Crippen LogP contribution >= 0.6 is 22.9 Å². The number of anilines is 1. The normalized spacial score (nSPS) is 20.7. The van der Waals surface area contributed by atoms with Crippen molar-refractivity contribution in [3.05, 3.63) is 117 Å². The number of rotatable bonds is 16. The van der Waals surface area contributed by atoms with E-state index in [4.69, 9.17) is 20.9 Å².